The van der Waals surface area contributed by atoms with E-state index in [4.69, 9.17) is 33.2 Å². The van der Waals surface area contributed by atoms with Crippen molar-refractivity contribution in [2.75, 3.05) is 26.9 Å². The highest BCUT2D eigenvalue weighted by atomic mass is 32.2. The smallest absolute Gasteiger partial charge is 0.414 e. The molecule has 2 saturated heterocycles. The average Bonchev–Trinajstić information content (AvgIpc) is 3.83. The number of ether oxygens (including phenoxy) is 7. The number of aromatic nitrogens is 2. The van der Waals surface area contributed by atoms with E-state index in [2.05, 4.69) is 9.79 Å². The third kappa shape index (κ3) is 7.53. The van der Waals surface area contributed by atoms with Crippen LogP contribution in [0.25, 0.3) is 0 Å². The van der Waals surface area contributed by atoms with Gasteiger partial charge in [0.05, 0.1) is 60.1 Å². The molecule has 2 bridgehead atoms. The van der Waals surface area contributed by atoms with Crippen molar-refractivity contribution in [3.8, 4) is 5.88 Å². The largest absolute Gasteiger partial charge is 0.467 e. The number of methoxy groups -OCH3 is 1. The summed E-state index contributed by atoms with van der Waals surface area (Å²) in [4.78, 5) is 81.7. The Kier molecular flexibility index (Phi) is 12.6. The maximum Gasteiger partial charge on any atom is 0.414 e. The number of Topliss-reactive ketones (excluding diaryl/α,β-unsaturated/α-hetero) is 1. The second-order valence-electron chi connectivity index (χ2n) is 18.0. The van der Waals surface area contributed by atoms with E-state index in [0.29, 0.717) is 5.57 Å². The number of unbranched alkanes of at least 4 members (excludes halogenated alkanes) is 1. The molecule has 2 aromatic carbocycles. The van der Waals surface area contributed by atoms with E-state index in [-0.39, 0.29) is 77.8 Å². The summed E-state index contributed by atoms with van der Waals surface area (Å²) in [5, 5.41) is 38.8. The minimum absolute atomic E-state index is 0.0212. The fourth-order valence-electron chi connectivity index (χ4n) is 11.2. The maximum absolute atomic E-state index is 14.3. The van der Waals surface area contributed by atoms with Crippen LogP contribution in [0.5, 0.6) is 5.88 Å². The first-order valence-electron chi connectivity index (χ1n) is 21.6. The number of esters is 5. The van der Waals surface area contributed by atoms with Crippen LogP contribution in [0.15, 0.2) is 92.1 Å². The number of aliphatic hydroxyl groups excluding tert-OH is 2. The highest BCUT2D eigenvalue weighted by Crippen LogP contribution is 2.73. The summed E-state index contributed by atoms with van der Waals surface area (Å²) in [6, 6.07) is 12.7. The molecular weight excluding hydrogens is 917 g/mol. The van der Waals surface area contributed by atoms with Crippen molar-refractivity contribution < 1.29 is 90.1 Å². The molecule has 22 heteroatoms. The highest BCUT2D eigenvalue weighted by Gasteiger charge is 2.85. The van der Waals surface area contributed by atoms with Crippen molar-refractivity contribution in [3.63, 3.8) is 0 Å². The number of sulfone groups is 1. The van der Waals surface area contributed by atoms with E-state index < -0.39 is 115 Å². The van der Waals surface area contributed by atoms with Crippen LogP contribution >= 0.6 is 0 Å². The number of fused-ring (bicyclic) bond motifs is 2. The van der Waals surface area contributed by atoms with Crippen molar-refractivity contribution in [2.45, 2.75) is 93.3 Å². The summed E-state index contributed by atoms with van der Waals surface area (Å²) in [7, 11) is -3.29. The number of allylic oxidation sites excluding steroid dienone is 3. The molecule has 10 atom stereocenters. The number of hydrogen-bond acceptors (Lipinski definition) is 20. The second kappa shape index (κ2) is 17.9. The molecule has 0 amide bonds. The Morgan fingerprint density at radius 2 is 1.63 bits per heavy atom. The maximum atomic E-state index is 14.3. The molecule has 2 N–H and O–H groups in total. The van der Waals surface area contributed by atoms with Crippen LogP contribution in [0.3, 0.4) is 0 Å². The van der Waals surface area contributed by atoms with Crippen LogP contribution in [0, 0.1) is 33.8 Å². The van der Waals surface area contributed by atoms with Crippen molar-refractivity contribution in [1.29, 1.82) is 0 Å². The number of rotatable bonds is 14. The summed E-state index contributed by atoms with van der Waals surface area (Å²) in [6.45, 7) is 5.85. The molecule has 2 saturated carbocycles. The van der Waals surface area contributed by atoms with Gasteiger partial charge in [0.2, 0.25) is 11.7 Å². The monoisotopic (exact) mass is 964 g/mol. The topological polar surface area (TPSA) is 295 Å². The van der Waals surface area contributed by atoms with Crippen LogP contribution in [0.1, 0.15) is 74.1 Å². The zero-order chi connectivity index (χ0) is 49.1. The lowest BCUT2D eigenvalue weighted by Gasteiger charge is -2.67. The SMILES string of the molecule is COC(=O)[C@]12OC[C@]34[C@H]([C@@H](O)[C@@H]1O)[C@@]1(C)CC(=O)C(OC(=O)c5ccccc5C(=O)OCCCCOc5no[n+]([O-])c5S(=O)(=O)c5ccccc5)=C(C)[C@@H]1C[C@H]3OC(=O)[C@H](OC(=O)C=C(C)C)[C@@H]24. The molecule has 1 aromatic heterocycles. The molecule has 3 heterocycles. The van der Waals surface area contributed by atoms with Gasteiger partial charge in [-0.05, 0) is 86.1 Å². The van der Waals surface area contributed by atoms with Gasteiger partial charge >= 0.3 is 40.8 Å². The predicted molar refractivity (Wildman–Crippen MR) is 224 cm³/mol. The van der Waals surface area contributed by atoms with Crippen molar-refractivity contribution in [1.82, 2.24) is 5.16 Å². The van der Waals surface area contributed by atoms with Gasteiger partial charge in [-0.15, -0.1) is 0 Å². The van der Waals surface area contributed by atoms with E-state index in [0.717, 1.165) is 13.2 Å². The van der Waals surface area contributed by atoms with Crippen LogP contribution < -0.4 is 9.64 Å². The Labute approximate surface area is 388 Å². The number of benzene rings is 2. The first kappa shape index (κ1) is 48.0. The first-order valence-corrected chi connectivity index (χ1v) is 23.1. The van der Waals surface area contributed by atoms with E-state index in [1.807, 2.05) is 0 Å². The number of aliphatic hydroxyl groups is 2. The van der Waals surface area contributed by atoms with Gasteiger partial charge in [0.1, 0.15) is 12.2 Å². The minimum Gasteiger partial charge on any atom is -0.467 e. The van der Waals surface area contributed by atoms with Gasteiger partial charge in [0.15, 0.2) is 11.5 Å². The molecule has 362 valence electrons. The van der Waals surface area contributed by atoms with Gasteiger partial charge in [-0.1, -0.05) is 42.8 Å². The number of nitrogens with zero attached hydrogens (tertiary/aromatic N) is 2. The van der Waals surface area contributed by atoms with Gasteiger partial charge in [-0.25, -0.2) is 32.4 Å². The van der Waals surface area contributed by atoms with Crippen LogP contribution in [-0.4, -0.2) is 116 Å². The van der Waals surface area contributed by atoms with E-state index in [1.54, 1.807) is 33.8 Å². The van der Waals surface area contributed by atoms with E-state index in [1.165, 1.54) is 48.5 Å². The van der Waals surface area contributed by atoms with Crippen molar-refractivity contribution in [3.05, 3.63) is 93.9 Å². The van der Waals surface area contributed by atoms with Gasteiger partial charge in [-0.3, -0.25) is 9.42 Å². The molecule has 0 unspecified atom stereocenters. The Bertz CT molecular complexity index is 2750. The molecule has 68 heavy (non-hydrogen) atoms. The molecule has 2 aliphatic heterocycles. The lowest BCUT2D eigenvalue weighted by atomic mass is 9.38. The van der Waals surface area contributed by atoms with Crippen molar-refractivity contribution in [2.24, 2.45) is 28.6 Å². The summed E-state index contributed by atoms with van der Waals surface area (Å²) in [6.07, 6.45) is -5.55. The predicted octanol–water partition coefficient (Wildman–Crippen LogP) is 2.29. The fraction of sp³-hybridized carbons (Fsp3) is 0.478. The quantitative estimate of drug-likeness (QED) is 0.0770. The molecule has 4 fully saturated rings. The standard InChI is InChI=1S/C46H48N2O19S/c1-23(2)19-31(50)65-34-36-45-22-63-46(36,43(56)60-5)37(52)32(51)35(45)44(4)21-29(49)33(24(3)28(44)20-30(45)64-42(34)55)66-41(54)27-16-10-9-15-26(27)40(53)62-18-12-11-17-61-38-39(48(57)67-47-38)68(58,59)25-13-7-6-8-14-25/h6-10,13-16,19,28,30,32,34-37,51-52H,11-12,17-18,20-22H2,1-5H3/t28-,30+,32+,34+,35+,36+,37-,44-,45+,46+/m0/s1. The van der Waals surface area contributed by atoms with Gasteiger partial charge in [0.25, 0.3) is 9.84 Å². The Balaban J connectivity index is 0.978. The molecule has 8 rings (SSSR count). The number of hydrogen-bond donors (Lipinski definition) is 2. The van der Waals surface area contributed by atoms with Crippen molar-refractivity contribution >= 4 is 45.5 Å². The molecule has 3 aliphatic carbocycles. The molecular formula is C46H48N2O19S. The molecule has 21 nitrogen and oxygen atoms in total. The third-order valence-electron chi connectivity index (χ3n) is 13.9. The average molecular weight is 965 g/mol. The normalized spacial score (nSPS) is 30.2. The molecule has 0 radical (unpaired) electrons. The fourth-order valence-corrected chi connectivity index (χ4v) is 12.5. The summed E-state index contributed by atoms with van der Waals surface area (Å²) in [5.41, 5.74) is -4.74. The van der Waals surface area contributed by atoms with Gasteiger partial charge < -0.3 is 48.6 Å². The molecule has 5 aliphatic rings. The van der Waals surface area contributed by atoms with E-state index in [9.17, 15) is 52.6 Å². The first-order chi connectivity index (χ1) is 32.2. The Hall–Kier alpha value is -6.49. The molecule has 3 aromatic rings. The van der Waals surface area contributed by atoms with Crippen LogP contribution in [0.2, 0.25) is 0 Å². The van der Waals surface area contributed by atoms with Gasteiger partial charge in [0, 0.05) is 23.8 Å². The van der Waals surface area contributed by atoms with E-state index >= 15 is 0 Å². The van der Waals surface area contributed by atoms with Crippen LogP contribution in [0.4, 0.5) is 0 Å². The summed E-state index contributed by atoms with van der Waals surface area (Å²) < 4.78 is 70.1. The Morgan fingerprint density at radius 1 is 0.971 bits per heavy atom. The second-order valence-corrected chi connectivity index (χ2v) is 19.8. The summed E-state index contributed by atoms with van der Waals surface area (Å²) in [5.74, 6) is -9.87. The lowest BCUT2D eigenvalue weighted by Crippen LogP contribution is -2.79. The number of ketones is 1. The highest BCUT2D eigenvalue weighted by molar-refractivity contribution is 7.91. The van der Waals surface area contributed by atoms with Crippen LogP contribution in [-0.2, 0) is 57.4 Å². The lowest BCUT2D eigenvalue weighted by molar-refractivity contribution is -0.832. The minimum atomic E-state index is -4.33. The Morgan fingerprint density at radius 3 is 2.31 bits per heavy atom. The van der Waals surface area contributed by atoms with Gasteiger partial charge in [-0.2, -0.15) is 0 Å². The summed E-state index contributed by atoms with van der Waals surface area (Å²) >= 11 is 0. The molecule has 1 spiro atoms. The zero-order valence-corrected chi connectivity index (χ0v) is 38.2. The number of carbonyl (C=O) groups is 6. The third-order valence-corrected chi connectivity index (χ3v) is 15.6. The zero-order valence-electron chi connectivity index (χ0n) is 37.4. The number of carbonyl (C=O) groups excluding carboxylic acids is 6.